The largest absolute Gasteiger partial charge is 0.296 e. The molecule has 0 bridgehead atoms. The molecule has 0 aliphatic rings. The van der Waals surface area contributed by atoms with E-state index in [0.717, 1.165) is 12.6 Å². The van der Waals surface area contributed by atoms with Crippen molar-refractivity contribution in [2.75, 3.05) is 6.26 Å². The smallest absolute Gasteiger partial charge is 0.280 e. The standard InChI is InChI=1S/C9H9F2N3OS.C6H4BrNO.C5H3BrIN/c1-16(15,14-6-12)5-7-2-3-8(9(10)11)13-4-7;7-5-1-2-6(4-9)8-3-5;6-4-1-2-5(7)8-3-4/h2-4,9H,5H2,1H3;1-4H;1-3H. The van der Waals surface area contributed by atoms with Crippen molar-refractivity contribution in [3.05, 3.63) is 84.6 Å². The molecule has 33 heavy (non-hydrogen) atoms. The molecule has 0 aliphatic carbocycles. The maximum absolute atomic E-state index is 12.2. The third-order valence-electron chi connectivity index (χ3n) is 3.30. The Bertz CT molecular complexity index is 1160. The minimum Gasteiger partial charge on any atom is -0.296 e. The van der Waals surface area contributed by atoms with Crippen molar-refractivity contribution >= 4 is 70.5 Å². The fourth-order valence-corrected chi connectivity index (χ4v) is 3.71. The van der Waals surface area contributed by atoms with Crippen molar-refractivity contribution < 1.29 is 17.8 Å². The highest BCUT2D eigenvalue weighted by Gasteiger charge is 2.09. The monoisotopic (exact) mass is 713 g/mol. The Labute approximate surface area is 220 Å². The second-order valence-electron chi connectivity index (χ2n) is 6.01. The van der Waals surface area contributed by atoms with E-state index in [-0.39, 0.29) is 11.4 Å². The molecule has 3 aromatic heterocycles. The first-order valence-electron chi connectivity index (χ1n) is 8.71. The molecule has 1 unspecified atom stereocenters. The minimum atomic E-state index is -2.63. The summed E-state index contributed by atoms with van der Waals surface area (Å²) in [5.74, 6) is 0.0249. The number of carbonyl (C=O) groups is 1. The van der Waals surface area contributed by atoms with E-state index in [9.17, 15) is 17.8 Å². The molecule has 3 heterocycles. The Kier molecular flexibility index (Phi) is 13.3. The molecule has 3 aromatic rings. The van der Waals surface area contributed by atoms with E-state index in [1.165, 1.54) is 30.8 Å². The lowest BCUT2D eigenvalue weighted by atomic mass is 10.3. The molecule has 3 rings (SSSR count). The van der Waals surface area contributed by atoms with E-state index in [1.807, 2.05) is 12.1 Å². The predicted molar refractivity (Wildman–Crippen MR) is 137 cm³/mol. The second-order valence-corrected chi connectivity index (χ2v) is 11.3. The normalized spacial score (nSPS) is 11.6. The number of carbonyl (C=O) groups excluding carboxylic acids is 1. The molecule has 0 aliphatic heterocycles. The second kappa shape index (κ2) is 15.1. The van der Waals surface area contributed by atoms with Crippen LogP contribution in [0.4, 0.5) is 8.78 Å². The SMILES string of the molecule is Brc1ccc(I)nc1.CS(=O)(Cc1ccc(C(F)F)nc1)=NC#N.O=Cc1ccc(Br)cn1. The van der Waals surface area contributed by atoms with Crippen LogP contribution < -0.4 is 0 Å². The molecule has 1 atom stereocenters. The third kappa shape index (κ3) is 12.8. The Balaban J connectivity index is 0.000000270. The number of hydrogen-bond donors (Lipinski definition) is 0. The van der Waals surface area contributed by atoms with E-state index in [1.54, 1.807) is 24.5 Å². The van der Waals surface area contributed by atoms with Gasteiger partial charge in [-0.3, -0.25) is 14.8 Å². The number of nitrogens with zero attached hydrogens (tertiary/aromatic N) is 5. The number of halogens is 5. The third-order valence-corrected chi connectivity index (χ3v) is 6.22. The molecule has 174 valence electrons. The van der Waals surface area contributed by atoms with E-state index in [0.29, 0.717) is 17.5 Å². The van der Waals surface area contributed by atoms with Gasteiger partial charge in [0, 0.05) is 33.8 Å². The average molecular weight is 715 g/mol. The number of aldehydes is 1. The van der Waals surface area contributed by atoms with E-state index in [2.05, 4.69) is 73.8 Å². The molecule has 0 radical (unpaired) electrons. The molecular formula is C20H16Br2F2IN5O2S. The Morgan fingerprint density at radius 3 is 2.12 bits per heavy atom. The molecule has 0 spiro atoms. The van der Waals surface area contributed by atoms with E-state index < -0.39 is 16.2 Å². The number of rotatable bonds is 4. The zero-order chi connectivity index (χ0) is 24.9. The first-order chi connectivity index (χ1) is 15.6. The van der Waals surface area contributed by atoms with Crippen molar-refractivity contribution in [2.24, 2.45) is 4.36 Å². The van der Waals surface area contributed by atoms with Crippen molar-refractivity contribution in [3.8, 4) is 6.19 Å². The lowest BCUT2D eigenvalue weighted by Gasteiger charge is -2.03. The van der Waals surface area contributed by atoms with Crippen LogP contribution in [0, 0.1) is 15.2 Å². The summed E-state index contributed by atoms with van der Waals surface area (Å²) in [5.41, 5.74) is 0.637. The molecule has 0 aromatic carbocycles. The number of nitriles is 1. The van der Waals surface area contributed by atoms with Gasteiger partial charge in [-0.15, -0.1) is 4.36 Å². The van der Waals surface area contributed by atoms with E-state index in [4.69, 9.17) is 5.26 Å². The molecule has 7 nitrogen and oxygen atoms in total. The molecule has 0 amide bonds. The Hall–Kier alpha value is -1.89. The first-order valence-corrected chi connectivity index (χ1v) is 13.5. The lowest BCUT2D eigenvalue weighted by molar-refractivity contribution is 0.111. The van der Waals surface area contributed by atoms with E-state index >= 15 is 0 Å². The van der Waals surface area contributed by atoms with Crippen molar-refractivity contribution in [1.29, 1.82) is 5.26 Å². The van der Waals surface area contributed by atoms with Crippen LogP contribution in [0.5, 0.6) is 0 Å². The van der Waals surface area contributed by atoms with Crippen LogP contribution in [0.3, 0.4) is 0 Å². The topological polar surface area (TPSA) is 109 Å². The number of alkyl halides is 2. The summed E-state index contributed by atoms with van der Waals surface area (Å²) in [4.78, 5) is 21.4. The van der Waals surface area contributed by atoms with Crippen LogP contribution in [0.25, 0.3) is 0 Å². The maximum atomic E-state index is 12.2. The van der Waals surface area contributed by atoms with Gasteiger partial charge in [-0.2, -0.15) is 5.26 Å². The van der Waals surface area contributed by atoms with Crippen molar-refractivity contribution in [2.45, 2.75) is 12.2 Å². The van der Waals surface area contributed by atoms with Gasteiger partial charge in [0.2, 0.25) is 6.19 Å². The van der Waals surface area contributed by atoms with Gasteiger partial charge < -0.3 is 0 Å². The van der Waals surface area contributed by atoms with Crippen LogP contribution in [0.1, 0.15) is 28.2 Å². The Morgan fingerprint density at radius 2 is 1.73 bits per heavy atom. The summed E-state index contributed by atoms with van der Waals surface area (Å²) in [6, 6.07) is 9.92. The molecule has 0 saturated heterocycles. The van der Waals surface area contributed by atoms with Gasteiger partial charge in [0.25, 0.3) is 6.43 Å². The fraction of sp³-hybridized carbons (Fsp3) is 0.150. The van der Waals surface area contributed by atoms with Gasteiger partial charge in [0.15, 0.2) is 6.29 Å². The van der Waals surface area contributed by atoms with Crippen LogP contribution in [-0.4, -0.2) is 31.7 Å². The van der Waals surface area contributed by atoms with Crippen LogP contribution in [0.2, 0.25) is 0 Å². The highest BCUT2D eigenvalue weighted by molar-refractivity contribution is 14.1. The highest BCUT2D eigenvalue weighted by atomic mass is 127. The zero-order valence-electron chi connectivity index (χ0n) is 16.9. The van der Waals surface area contributed by atoms with Gasteiger partial charge in [0.1, 0.15) is 15.1 Å². The van der Waals surface area contributed by atoms with Gasteiger partial charge in [-0.25, -0.2) is 18.0 Å². The number of pyridine rings is 3. The van der Waals surface area contributed by atoms with Gasteiger partial charge in [0.05, 0.1) is 15.5 Å². The number of aromatic nitrogens is 3. The quantitative estimate of drug-likeness (QED) is 0.138. The summed E-state index contributed by atoms with van der Waals surface area (Å²) in [5, 5.41) is 8.29. The summed E-state index contributed by atoms with van der Waals surface area (Å²) in [6.45, 7) is 0. The first kappa shape index (κ1) is 29.1. The maximum Gasteiger partial charge on any atom is 0.280 e. The number of hydrogen-bond acceptors (Lipinski definition) is 7. The molecule has 0 N–H and O–H groups in total. The molecule has 0 saturated carbocycles. The summed E-state index contributed by atoms with van der Waals surface area (Å²) >= 11 is 8.64. The zero-order valence-corrected chi connectivity index (χ0v) is 23.1. The van der Waals surface area contributed by atoms with Gasteiger partial charge in [-0.1, -0.05) is 6.07 Å². The average Bonchev–Trinajstić information content (AvgIpc) is 2.77. The molecule has 13 heteroatoms. The van der Waals surface area contributed by atoms with Crippen LogP contribution in [-0.2, 0) is 15.5 Å². The summed E-state index contributed by atoms with van der Waals surface area (Å²) in [7, 11) is -2.63. The minimum absolute atomic E-state index is 0.0249. The summed E-state index contributed by atoms with van der Waals surface area (Å²) < 4.78 is 42.2. The predicted octanol–water partition coefficient (Wildman–Crippen LogP) is 6.20. The summed E-state index contributed by atoms with van der Waals surface area (Å²) in [6.07, 6.45) is 5.48. The Morgan fingerprint density at radius 1 is 1.09 bits per heavy atom. The van der Waals surface area contributed by atoms with Gasteiger partial charge in [-0.05, 0) is 90.3 Å². The van der Waals surface area contributed by atoms with Crippen LogP contribution >= 0.6 is 54.5 Å². The van der Waals surface area contributed by atoms with Crippen LogP contribution in [0.15, 0.2) is 68.3 Å². The van der Waals surface area contributed by atoms with Crippen molar-refractivity contribution in [1.82, 2.24) is 15.0 Å². The molecular weight excluding hydrogens is 699 g/mol. The fourth-order valence-electron chi connectivity index (χ4n) is 1.89. The van der Waals surface area contributed by atoms with Crippen molar-refractivity contribution in [3.63, 3.8) is 0 Å². The highest BCUT2D eigenvalue weighted by Crippen LogP contribution is 2.16. The lowest BCUT2D eigenvalue weighted by Crippen LogP contribution is -2.01. The molecule has 0 fully saturated rings. The van der Waals surface area contributed by atoms with Gasteiger partial charge >= 0.3 is 0 Å².